The van der Waals surface area contributed by atoms with Gasteiger partial charge in [0.15, 0.2) is 5.78 Å². The van der Waals surface area contributed by atoms with Gasteiger partial charge in [-0.3, -0.25) is 9.59 Å². The second kappa shape index (κ2) is 9.12. The summed E-state index contributed by atoms with van der Waals surface area (Å²) in [5, 5.41) is 0. The molecule has 0 spiro atoms. The van der Waals surface area contributed by atoms with Crippen LogP contribution in [0.5, 0.6) is 0 Å². The molecule has 10 nitrogen and oxygen atoms in total. The Balaban J connectivity index is 0. The minimum Gasteiger partial charge on any atom is -0.870 e. The molecule has 1 amide bonds. The summed E-state index contributed by atoms with van der Waals surface area (Å²) in [5.41, 5.74) is 0. The quantitative estimate of drug-likeness (QED) is 0.325. The fraction of sp³-hybridized carbons (Fsp3) is 0.333. The third kappa shape index (κ3) is 8.99. The molecule has 0 unspecified atom stereocenters. The molecule has 0 saturated carbocycles. The molecule has 0 radical (unpaired) electrons. The van der Waals surface area contributed by atoms with Gasteiger partial charge in [0.25, 0.3) is 5.91 Å². The summed E-state index contributed by atoms with van der Waals surface area (Å²) in [7, 11) is -7.45. The van der Waals surface area contributed by atoms with Crippen LogP contribution in [0.25, 0.3) is 0 Å². The molecule has 22 heavy (non-hydrogen) atoms. The van der Waals surface area contributed by atoms with Crippen LogP contribution >= 0.6 is 0 Å². The summed E-state index contributed by atoms with van der Waals surface area (Å²) in [6, 6.07) is 0. The SMILES string of the molecule is CC1=CC(=O)CS(=O)(=O)O1.CC1=CC(=O)NS(=O)(=O)O1.[K+].[OH-]. The number of hydrogen-bond donors (Lipinski definition) is 1. The number of carbonyl (C=O) groups excluding carboxylic acids is 2. The summed E-state index contributed by atoms with van der Waals surface area (Å²) in [4.78, 5) is 21.0. The minimum absolute atomic E-state index is 0. The van der Waals surface area contributed by atoms with Crippen LogP contribution in [-0.4, -0.2) is 39.8 Å². The molecule has 13 heteroatoms. The van der Waals surface area contributed by atoms with Gasteiger partial charge in [-0.2, -0.15) is 16.8 Å². The minimum atomic E-state index is -3.85. The van der Waals surface area contributed by atoms with Gasteiger partial charge in [0, 0.05) is 12.2 Å². The van der Waals surface area contributed by atoms with Crippen molar-refractivity contribution in [2.45, 2.75) is 13.8 Å². The number of carbonyl (C=O) groups is 2. The van der Waals surface area contributed by atoms with Crippen molar-refractivity contribution in [3.63, 3.8) is 0 Å². The molecule has 0 aromatic heterocycles. The maximum atomic E-state index is 10.6. The van der Waals surface area contributed by atoms with Crippen molar-refractivity contribution in [2.75, 3.05) is 5.75 Å². The summed E-state index contributed by atoms with van der Waals surface area (Å²) in [6.07, 6.45) is 2.22. The van der Waals surface area contributed by atoms with Crippen LogP contribution in [-0.2, 0) is 38.4 Å². The maximum Gasteiger partial charge on any atom is 1.00 e. The van der Waals surface area contributed by atoms with Crippen LogP contribution in [0.1, 0.15) is 13.8 Å². The zero-order chi connectivity index (χ0) is 15.6. The number of ketones is 1. The molecule has 0 aliphatic carbocycles. The van der Waals surface area contributed by atoms with Crippen LogP contribution in [0.3, 0.4) is 0 Å². The van der Waals surface area contributed by atoms with Gasteiger partial charge in [-0.05, 0) is 13.8 Å². The van der Waals surface area contributed by atoms with Crippen molar-refractivity contribution in [1.82, 2.24) is 4.72 Å². The summed E-state index contributed by atoms with van der Waals surface area (Å²) >= 11 is 0. The predicted octanol–water partition coefficient (Wildman–Crippen LogP) is -4.07. The molecule has 0 bridgehead atoms. The molecule has 2 aliphatic rings. The molecule has 2 aliphatic heterocycles. The molecule has 2 rings (SSSR count). The molecule has 0 aromatic rings. The zero-order valence-electron chi connectivity index (χ0n) is 11.9. The average Bonchev–Trinajstić information content (AvgIpc) is 2.08. The number of hydrogen-bond acceptors (Lipinski definition) is 9. The standard InChI is InChI=1S/C5H6O4S.C4H5NO4S.K.H2O/c1-4-2-5(6)3-10(7,8)9-4;1-3-2-4(6)5-10(7,8)9-3;;/h2H,3H2,1H3;2H,1H3,(H,5,6);;1H2/q;;+1;/p-1. The fourth-order valence-electron chi connectivity index (χ4n) is 1.25. The largest absolute Gasteiger partial charge is 1.00 e. The van der Waals surface area contributed by atoms with Crippen LogP contribution in [0.15, 0.2) is 23.7 Å². The zero-order valence-corrected chi connectivity index (χ0v) is 16.6. The normalized spacial score (nSPS) is 20.8. The van der Waals surface area contributed by atoms with Gasteiger partial charge >= 0.3 is 71.8 Å². The Labute approximate surface area is 170 Å². The first-order chi connectivity index (χ1) is 8.99. The van der Waals surface area contributed by atoms with E-state index in [1.54, 1.807) is 4.72 Å². The van der Waals surface area contributed by atoms with E-state index < -0.39 is 37.9 Å². The molecule has 2 N–H and O–H groups in total. The second-order valence-corrected chi connectivity index (χ2v) is 6.62. The third-order valence-electron chi connectivity index (χ3n) is 1.74. The van der Waals surface area contributed by atoms with Crippen LogP contribution in [0.2, 0.25) is 0 Å². The first kappa shape index (κ1) is 24.0. The number of rotatable bonds is 0. The number of allylic oxidation sites excluding steroid dienone is 3. The Morgan fingerprint density at radius 1 is 1.00 bits per heavy atom. The van der Waals surface area contributed by atoms with Gasteiger partial charge in [-0.15, -0.1) is 0 Å². The Kier molecular flexibility index (Phi) is 9.94. The Bertz CT molecular complexity index is 643. The van der Waals surface area contributed by atoms with Crippen molar-refractivity contribution in [1.29, 1.82) is 0 Å². The van der Waals surface area contributed by atoms with Crippen LogP contribution in [0, 0.1) is 0 Å². The maximum absolute atomic E-state index is 10.6. The third-order valence-corrected chi connectivity index (χ3v) is 3.83. The van der Waals surface area contributed by atoms with Gasteiger partial charge in [0.1, 0.15) is 17.3 Å². The summed E-state index contributed by atoms with van der Waals surface area (Å²) in [6.45, 7) is 2.81. The van der Waals surface area contributed by atoms with E-state index in [-0.39, 0.29) is 68.4 Å². The summed E-state index contributed by atoms with van der Waals surface area (Å²) < 4.78 is 52.4. The van der Waals surface area contributed by atoms with Gasteiger partial charge < -0.3 is 13.8 Å². The Morgan fingerprint density at radius 3 is 1.86 bits per heavy atom. The van der Waals surface area contributed by atoms with E-state index in [0.29, 0.717) is 0 Å². The van der Waals surface area contributed by atoms with E-state index in [1.807, 2.05) is 0 Å². The summed E-state index contributed by atoms with van der Waals surface area (Å²) in [5.74, 6) is -1.43. The predicted molar refractivity (Wildman–Crippen MR) is 67.5 cm³/mol. The smallest absolute Gasteiger partial charge is 0.870 e. The number of nitrogens with one attached hydrogen (secondary N) is 1. The molecule has 120 valence electrons. The van der Waals surface area contributed by atoms with Gasteiger partial charge in [-0.25, -0.2) is 4.72 Å². The van der Waals surface area contributed by atoms with Crippen LogP contribution in [0.4, 0.5) is 0 Å². The van der Waals surface area contributed by atoms with Crippen LogP contribution < -0.4 is 56.1 Å². The van der Waals surface area contributed by atoms with E-state index in [2.05, 4.69) is 8.37 Å². The van der Waals surface area contributed by atoms with Gasteiger partial charge in [-0.1, -0.05) is 0 Å². The topological polar surface area (TPSA) is 163 Å². The monoisotopic (exact) mass is 381 g/mol. The van der Waals surface area contributed by atoms with Crippen molar-refractivity contribution >= 4 is 32.1 Å². The Morgan fingerprint density at radius 2 is 1.50 bits per heavy atom. The van der Waals surface area contributed by atoms with E-state index in [0.717, 1.165) is 6.08 Å². The van der Waals surface area contributed by atoms with Gasteiger partial charge in [0.2, 0.25) is 0 Å². The Hall–Kier alpha value is -0.284. The first-order valence-corrected chi connectivity index (χ1v) is 8.05. The van der Waals surface area contributed by atoms with Crippen molar-refractivity contribution in [3.05, 3.63) is 23.7 Å². The molecule has 0 saturated heterocycles. The molecule has 0 fully saturated rings. The second-order valence-electron chi connectivity index (χ2n) is 3.77. The molecule has 0 atom stereocenters. The first-order valence-electron chi connectivity index (χ1n) is 5.07. The van der Waals surface area contributed by atoms with E-state index in [4.69, 9.17) is 0 Å². The van der Waals surface area contributed by atoms with E-state index >= 15 is 0 Å². The van der Waals surface area contributed by atoms with Crippen molar-refractivity contribution in [3.8, 4) is 0 Å². The van der Waals surface area contributed by atoms with E-state index in [1.165, 1.54) is 19.9 Å². The van der Waals surface area contributed by atoms with Crippen molar-refractivity contribution < 1.29 is 91.7 Å². The van der Waals surface area contributed by atoms with Gasteiger partial charge in [0.05, 0.1) is 0 Å². The fourth-order valence-corrected chi connectivity index (χ4v) is 2.93. The molecule has 0 aromatic carbocycles. The number of amides is 1. The molecule has 2 heterocycles. The van der Waals surface area contributed by atoms with E-state index in [9.17, 15) is 26.4 Å². The molecular formula is C9H12KNO9S2. The van der Waals surface area contributed by atoms with Crippen molar-refractivity contribution in [2.24, 2.45) is 0 Å². The molecular weight excluding hydrogens is 369 g/mol. The average molecular weight is 381 g/mol.